The number of thiophene rings is 1. The molecule has 0 aliphatic heterocycles. The SMILES string of the molecule is Cc1cc(C(Cl)c2ccc3[nH]c(=O)c(=O)[nH]c3c2)sc1Br. The normalized spacial score (nSPS) is 12.7. The zero-order valence-electron chi connectivity index (χ0n) is 10.9. The van der Waals surface area contributed by atoms with Crippen LogP contribution in [0.4, 0.5) is 0 Å². The Labute approximate surface area is 136 Å². The highest BCUT2D eigenvalue weighted by Crippen LogP contribution is 2.38. The number of rotatable bonds is 2. The Bertz CT molecular complexity index is 925. The summed E-state index contributed by atoms with van der Waals surface area (Å²) >= 11 is 11.6. The molecule has 4 nitrogen and oxygen atoms in total. The molecular weight excluding hydrogens is 376 g/mol. The van der Waals surface area contributed by atoms with Crippen LogP contribution in [0.5, 0.6) is 0 Å². The zero-order chi connectivity index (χ0) is 15.1. The Morgan fingerprint density at radius 2 is 1.81 bits per heavy atom. The molecule has 1 atom stereocenters. The minimum atomic E-state index is -0.666. The molecule has 3 aromatic rings. The van der Waals surface area contributed by atoms with E-state index < -0.39 is 11.1 Å². The van der Waals surface area contributed by atoms with Gasteiger partial charge in [-0.3, -0.25) is 9.59 Å². The van der Waals surface area contributed by atoms with E-state index in [-0.39, 0.29) is 5.38 Å². The predicted molar refractivity (Wildman–Crippen MR) is 89.6 cm³/mol. The molecule has 0 aliphatic carbocycles. The van der Waals surface area contributed by atoms with Crippen molar-refractivity contribution in [3.05, 3.63) is 64.8 Å². The number of H-pyrrole nitrogens is 2. The fourth-order valence-corrected chi connectivity index (χ4v) is 3.97. The van der Waals surface area contributed by atoms with Crippen LogP contribution in [0.15, 0.2) is 37.6 Å². The van der Waals surface area contributed by atoms with E-state index in [0.717, 1.165) is 19.8 Å². The van der Waals surface area contributed by atoms with Crippen molar-refractivity contribution in [2.75, 3.05) is 0 Å². The number of aromatic amines is 2. The molecule has 0 fully saturated rings. The first-order chi connectivity index (χ1) is 9.95. The van der Waals surface area contributed by atoms with Gasteiger partial charge in [-0.1, -0.05) is 6.07 Å². The van der Waals surface area contributed by atoms with Crippen molar-refractivity contribution in [3.63, 3.8) is 0 Å². The van der Waals surface area contributed by atoms with E-state index in [1.54, 1.807) is 23.5 Å². The van der Waals surface area contributed by atoms with Crippen LogP contribution >= 0.6 is 38.9 Å². The third kappa shape index (κ3) is 2.71. The molecule has 1 unspecified atom stereocenters. The van der Waals surface area contributed by atoms with E-state index in [0.29, 0.717) is 11.0 Å². The molecule has 2 N–H and O–H groups in total. The number of benzene rings is 1. The van der Waals surface area contributed by atoms with E-state index in [9.17, 15) is 9.59 Å². The third-order valence-corrected chi connectivity index (χ3v) is 5.98. The van der Waals surface area contributed by atoms with Crippen molar-refractivity contribution in [3.8, 4) is 0 Å². The smallest absolute Gasteiger partial charge is 0.314 e. The Balaban J connectivity index is 2.10. The van der Waals surface area contributed by atoms with E-state index >= 15 is 0 Å². The van der Waals surface area contributed by atoms with Crippen molar-refractivity contribution in [1.29, 1.82) is 0 Å². The Kier molecular flexibility index (Phi) is 3.77. The summed E-state index contributed by atoms with van der Waals surface area (Å²) in [7, 11) is 0. The highest BCUT2D eigenvalue weighted by molar-refractivity contribution is 9.11. The molecule has 0 saturated carbocycles. The second kappa shape index (κ2) is 5.44. The van der Waals surface area contributed by atoms with Gasteiger partial charge in [0.15, 0.2) is 0 Å². The molecule has 2 heterocycles. The van der Waals surface area contributed by atoms with E-state index in [2.05, 4.69) is 25.9 Å². The molecule has 1 aromatic carbocycles. The van der Waals surface area contributed by atoms with Crippen LogP contribution in [0.25, 0.3) is 11.0 Å². The first-order valence-electron chi connectivity index (χ1n) is 6.12. The van der Waals surface area contributed by atoms with Crippen LogP contribution in [-0.4, -0.2) is 9.97 Å². The standard InChI is InChI=1S/C14H10BrClN2O2S/c1-6-4-10(21-12(6)15)11(16)7-2-3-8-9(5-7)18-14(20)13(19)17-8/h2-5,11H,1H3,(H,17,19)(H,18,20). The Morgan fingerprint density at radius 1 is 1.14 bits per heavy atom. The van der Waals surface area contributed by atoms with Gasteiger partial charge in [-0.2, -0.15) is 0 Å². The van der Waals surface area contributed by atoms with E-state index in [1.807, 2.05) is 19.1 Å². The van der Waals surface area contributed by atoms with Crippen molar-refractivity contribution in [1.82, 2.24) is 9.97 Å². The molecule has 2 aromatic heterocycles. The van der Waals surface area contributed by atoms with Gasteiger partial charge >= 0.3 is 11.1 Å². The molecule has 108 valence electrons. The van der Waals surface area contributed by atoms with Gasteiger partial charge in [-0.05, 0) is 52.2 Å². The van der Waals surface area contributed by atoms with Gasteiger partial charge < -0.3 is 9.97 Å². The lowest BCUT2D eigenvalue weighted by atomic mass is 10.1. The van der Waals surface area contributed by atoms with Crippen LogP contribution in [-0.2, 0) is 0 Å². The van der Waals surface area contributed by atoms with Crippen LogP contribution in [0.1, 0.15) is 21.4 Å². The third-order valence-electron chi connectivity index (χ3n) is 3.16. The minimum Gasteiger partial charge on any atom is -0.316 e. The van der Waals surface area contributed by atoms with Crippen molar-refractivity contribution >= 4 is 49.9 Å². The first-order valence-corrected chi connectivity index (χ1v) is 8.16. The average molecular weight is 386 g/mol. The topological polar surface area (TPSA) is 65.7 Å². The predicted octanol–water partition coefficient (Wildman–Crippen LogP) is 3.68. The molecule has 0 radical (unpaired) electrons. The van der Waals surface area contributed by atoms with Gasteiger partial charge in [-0.15, -0.1) is 22.9 Å². The lowest BCUT2D eigenvalue weighted by Crippen LogP contribution is -2.28. The van der Waals surface area contributed by atoms with Crippen LogP contribution in [0.3, 0.4) is 0 Å². The Hall–Kier alpha value is -1.37. The highest BCUT2D eigenvalue weighted by atomic mass is 79.9. The van der Waals surface area contributed by atoms with Gasteiger partial charge in [-0.25, -0.2) is 0 Å². The maximum Gasteiger partial charge on any atom is 0.314 e. The molecular formula is C14H10BrClN2O2S. The molecule has 3 rings (SSSR count). The monoisotopic (exact) mass is 384 g/mol. The lowest BCUT2D eigenvalue weighted by Gasteiger charge is -2.08. The first kappa shape index (κ1) is 14.6. The maximum absolute atomic E-state index is 11.4. The number of fused-ring (bicyclic) bond motifs is 1. The zero-order valence-corrected chi connectivity index (χ0v) is 14.0. The molecule has 0 spiro atoms. The van der Waals surface area contributed by atoms with Crippen molar-refractivity contribution in [2.24, 2.45) is 0 Å². The van der Waals surface area contributed by atoms with E-state index in [1.165, 1.54) is 0 Å². The summed E-state index contributed by atoms with van der Waals surface area (Å²) in [6.45, 7) is 2.01. The summed E-state index contributed by atoms with van der Waals surface area (Å²) in [4.78, 5) is 28.8. The van der Waals surface area contributed by atoms with Crippen LogP contribution in [0, 0.1) is 6.92 Å². The van der Waals surface area contributed by atoms with Gasteiger partial charge in [0.1, 0.15) is 0 Å². The molecule has 7 heteroatoms. The Morgan fingerprint density at radius 3 is 2.43 bits per heavy atom. The average Bonchev–Trinajstić information content (AvgIpc) is 2.79. The van der Waals surface area contributed by atoms with Gasteiger partial charge in [0.2, 0.25) is 0 Å². The number of hydrogen-bond donors (Lipinski definition) is 2. The largest absolute Gasteiger partial charge is 0.316 e. The quantitative estimate of drug-likeness (QED) is 0.522. The van der Waals surface area contributed by atoms with Crippen LogP contribution < -0.4 is 11.1 Å². The summed E-state index contributed by atoms with van der Waals surface area (Å²) in [5, 5.41) is -0.306. The second-order valence-electron chi connectivity index (χ2n) is 4.68. The molecule has 0 aliphatic rings. The maximum atomic E-state index is 11.4. The summed E-state index contributed by atoms with van der Waals surface area (Å²) in [5.74, 6) is 0. The number of alkyl halides is 1. The second-order valence-corrected chi connectivity index (χ2v) is 7.52. The van der Waals surface area contributed by atoms with Crippen molar-refractivity contribution < 1.29 is 0 Å². The summed E-state index contributed by atoms with van der Waals surface area (Å²) in [5.41, 5.74) is 1.82. The number of hydrogen-bond acceptors (Lipinski definition) is 3. The van der Waals surface area contributed by atoms with Gasteiger partial charge in [0, 0.05) is 4.88 Å². The number of aromatic nitrogens is 2. The van der Waals surface area contributed by atoms with Crippen molar-refractivity contribution in [2.45, 2.75) is 12.3 Å². The highest BCUT2D eigenvalue weighted by Gasteiger charge is 2.15. The summed E-state index contributed by atoms with van der Waals surface area (Å²) in [6, 6.07) is 7.41. The molecule has 0 saturated heterocycles. The minimum absolute atomic E-state index is 0.306. The molecule has 0 bridgehead atoms. The number of aryl methyl sites for hydroxylation is 1. The number of nitrogens with one attached hydrogen (secondary N) is 2. The molecule has 21 heavy (non-hydrogen) atoms. The lowest BCUT2D eigenvalue weighted by molar-refractivity contribution is 1.13. The summed E-state index contributed by atoms with van der Waals surface area (Å²) < 4.78 is 1.06. The fraction of sp³-hybridized carbons (Fsp3) is 0.143. The van der Waals surface area contributed by atoms with E-state index in [4.69, 9.17) is 11.6 Å². The number of halogens is 2. The van der Waals surface area contributed by atoms with Crippen LogP contribution in [0.2, 0.25) is 0 Å². The van der Waals surface area contributed by atoms with Gasteiger partial charge in [0.25, 0.3) is 0 Å². The fourth-order valence-electron chi connectivity index (χ4n) is 2.06. The van der Waals surface area contributed by atoms with Gasteiger partial charge in [0.05, 0.1) is 20.2 Å². The summed E-state index contributed by atoms with van der Waals surface area (Å²) in [6.07, 6.45) is 0. The molecule has 0 amide bonds.